The third-order valence-corrected chi connectivity index (χ3v) is 4.33. The van der Waals surface area contributed by atoms with Gasteiger partial charge in [0, 0.05) is 0 Å². The summed E-state index contributed by atoms with van der Waals surface area (Å²) >= 11 is 18.6. The molecule has 0 aliphatic rings. The molecule has 0 aliphatic carbocycles. The molecular formula is C15H12Cl3F. The van der Waals surface area contributed by atoms with E-state index in [0.29, 0.717) is 21.2 Å². The Balaban J connectivity index is 2.50. The summed E-state index contributed by atoms with van der Waals surface area (Å²) < 4.78 is 13.6. The van der Waals surface area contributed by atoms with Crippen LogP contribution in [0.3, 0.4) is 0 Å². The van der Waals surface area contributed by atoms with Gasteiger partial charge in [0.25, 0.3) is 0 Å². The maximum Gasteiger partial charge on any atom is 0.129 e. The van der Waals surface area contributed by atoms with Crippen LogP contribution in [0.25, 0.3) is 0 Å². The van der Waals surface area contributed by atoms with Crippen molar-refractivity contribution in [3.05, 3.63) is 68.4 Å². The summed E-state index contributed by atoms with van der Waals surface area (Å²) in [7, 11) is 0. The number of rotatable bonds is 2. The van der Waals surface area contributed by atoms with Gasteiger partial charge in [-0.2, -0.15) is 0 Å². The molecule has 0 spiro atoms. The second-order valence-electron chi connectivity index (χ2n) is 4.47. The summed E-state index contributed by atoms with van der Waals surface area (Å²) in [5.74, 6) is -0.204. The average molecular weight is 318 g/mol. The Labute approximate surface area is 127 Å². The van der Waals surface area contributed by atoms with E-state index in [9.17, 15) is 4.39 Å². The number of hydrogen-bond acceptors (Lipinski definition) is 0. The quantitative estimate of drug-likeness (QED) is 0.589. The van der Waals surface area contributed by atoms with E-state index in [2.05, 4.69) is 0 Å². The molecule has 19 heavy (non-hydrogen) atoms. The van der Waals surface area contributed by atoms with Crippen molar-refractivity contribution in [2.24, 2.45) is 0 Å². The molecule has 0 bridgehead atoms. The third kappa shape index (κ3) is 2.89. The van der Waals surface area contributed by atoms with E-state index in [1.165, 1.54) is 0 Å². The van der Waals surface area contributed by atoms with E-state index in [1.54, 1.807) is 38.1 Å². The van der Waals surface area contributed by atoms with Gasteiger partial charge in [-0.3, -0.25) is 0 Å². The summed E-state index contributed by atoms with van der Waals surface area (Å²) in [5, 5.41) is 0.438. The van der Waals surface area contributed by atoms with Crippen LogP contribution < -0.4 is 0 Å². The topological polar surface area (TPSA) is 0 Å². The van der Waals surface area contributed by atoms with Gasteiger partial charge in [-0.25, -0.2) is 4.39 Å². The second-order valence-corrected chi connectivity index (χ2v) is 5.70. The Kier molecular flexibility index (Phi) is 4.39. The molecule has 0 heterocycles. The molecular weight excluding hydrogens is 306 g/mol. The van der Waals surface area contributed by atoms with Crippen molar-refractivity contribution in [2.75, 3.05) is 0 Å². The lowest BCUT2D eigenvalue weighted by molar-refractivity contribution is 0.608. The summed E-state index contributed by atoms with van der Waals surface area (Å²) in [4.78, 5) is 0. The molecule has 2 aromatic carbocycles. The second kappa shape index (κ2) is 5.70. The average Bonchev–Trinajstić information content (AvgIpc) is 2.38. The first-order chi connectivity index (χ1) is 8.91. The van der Waals surface area contributed by atoms with Crippen LogP contribution in [0.2, 0.25) is 10.0 Å². The normalized spacial score (nSPS) is 12.5. The number of halogens is 4. The van der Waals surface area contributed by atoms with Gasteiger partial charge in [-0.1, -0.05) is 47.5 Å². The Morgan fingerprint density at radius 2 is 1.63 bits per heavy atom. The SMILES string of the molecule is Cc1cc(C(Cl)c2cccc(Cl)c2Cl)cc(C)c1F. The molecule has 2 rings (SSSR count). The molecule has 0 fully saturated rings. The first-order valence-electron chi connectivity index (χ1n) is 5.76. The molecule has 0 aliphatic heterocycles. The van der Waals surface area contributed by atoms with Gasteiger partial charge >= 0.3 is 0 Å². The molecule has 0 saturated carbocycles. The molecule has 1 atom stereocenters. The largest absolute Gasteiger partial charge is 0.206 e. The van der Waals surface area contributed by atoms with Crippen LogP contribution in [0.15, 0.2) is 30.3 Å². The van der Waals surface area contributed by atoms with Crippen molar-refractivity contribution < 1.29 is 4.39 Å². The zero-order valence-corrected chi connectivity index (χ0v) is 12.7. The minimum absolute atomic E-state index is 0.204. The van der Waals surface area contributed by atoms with E-state index in [0.717, 1.165) is 11.1 Å². The van der Waals surface area contributed by atoms with Crippen molar-refractivity contribution in [2.45, 2.75) is 19.2 Å². The van der Waals surface area contributed by atoms with E-state index in [4.69, 9.17) is 34.8 Å². The van der Waals surface area contributed by atoms with Crippen LogP contribution in [-0.4, -0.2) is 0 Å². The Bertz CT molecular complexity index is 600. The van der Waals surface area contributed by atoms with Crippen LogP contribution in [-0.2, 0) is 0 Å². The molecule has 0 N–H and O–H groups in total. The first kappa shape index (κ1) is 14.6. The van der Waals surface area contributed by atoms with Gasteiger partial charge in [-0.05, 0) is 42.2 Å². The summed E-state index contributed by atoms with van der Waals surface area (Å²) in [6.45, 7) is 3.43. The minimum atomic E-state index is -0.454. The predicted molar refractivity (Wildman–Crippen MR) is 80.0 cm³/mol. The van der Waals surface area contributed by atoms with Crippen molar-refractivity contribution >= 4 is 34.8 Å². The molecule has 4 heteroatoms. The molecule has 0 saturated heterocycles. The van der Waals surface area contributed by atoms with Crippen LogP contribution in [0.1, 0.15) is 27.6 Å². The predicted octanol–water partition coefficient (Wildman–Crippen LogP) is 6.08. The molecule has 0 nitrogen and oxygen atoms in total. The first-order valence-corrected chi connectivity index (χ1v) is 6.95. The van der Waals surface area contributed by atoms with Crippen LogP contribution in [0.5, 0.6) is 0 Å². The van der Waals surface area contributed by atoms with Gasteiger partial charge in [0.1, 0.15) is 5.82 Å². The van der Waals surface area contributed by atoms with Gasteiger partial charge in [0.05, 0.1) is 15.4 Å². The lowest BCUT2D eigenvalue weighted by atomic mass is 9.99. The number of alkyl halides is 1. The minimum Gasteiger partial charge on any atom is -0.206 e. The molecule has 2 aromatic rings. The number of aryl methyl sites for hydroxylation is 2. The number of benzene rings is 2. The monoisotopic (exact) mass is 316 g/mol. The summed E-state index contributed by atoms with van der Waals surface area (Å²) in [5.41, 5.74) is 2.67. The maximum absolute atomic E-state index is 13.6. The zero-order chi connectivity index (χ0) is 14.2. The standard InChI is InChI=1S/C15H12Cl3F/c1-8-6-10(7-9(2)15(8)19)13(17)11-4-3-5-12(16)14(11)18/h3-7,13H,1-2H3. The van der Waals surface area contributed by atoms with Crippen molar-refractivity contribution in [3.63, 3.8) is 0 Å². The van der Waals surface area contributed by atoms with Gasteiger partial charge < -0.3 is 0 Å². The van der Waals surface area contributed by atoms with Gasteiger partial charge in [-0.15, -0.1) is 11.6 Å². The smallest absolute Gasteiger partial charge is 0.129 e. The lowest BCUT2D eigenvalue weighted by Gasteiger charge is -2.15. The zero-order valence-electron chi connectivity index (χ0n) is 10.5. The van der Waals surface area contributed by atoms with Gasteiger partial charge in [0.15, 0.2) is 0 Å². The summed E-state index contributed by atoms with van der Waals surface area (Å²) in [6.07, 6.45) is 0. The fourth-order valence-corrected chi connectivity index (χ4v) is 2.80. The Hall–Kier alpha value is -0.760. The van der Waals surface area contributed by atoms with E-state index >= 15 is 0 Å². The van der Waals surface area contributed by atoms with E-state index in [-0.39, 0.29) is 5.82 Å². The lowest BCUT2D eigenvalue weighted by Crippen LogP contribution is -1.98. The molecule has 100 valence electrons. The number of hydrogen-bond donors (Lipinski definition) is 0. The fourth-order valence-electron chi connectivity index (χ4n) is 2.02. The maximum atomic E-state index is 13.6. The highest BCUT2D eigenvalue weighted by molar-refractivity contribution is 6.43. The highest BCUT2D eigenvalue weighted by atomic mass is 35.5. The Morgan fingerprint density at radius 1 is 1.05 bits per heavy atom. The molecule has 0 radical (unpaired) electrons. The highest BCUT2D eigenvalue weighted by Gasteiger charge is 2.17. The van der Waals surface area contributed by atoms with E-state index < -0.39 is 5.38 Å². The van der Waals surface area contributed by atoms with E-state index in [1.807, 2.05) is 6.07 Å². The molecule has 0 amide bonds. The Morgan fingerprint density at radius 3 is 2.21 bits per heavy atom. The third-order valence-electron chi connectivity index (χ3n) is 3.01. The summed E-state index contributed by atoms with van der Waals surface area (Å²) in [6, 6.07) is 8.79. The van der Waals surface area contributed by atoms with Crippen molar-refractivity contribution in [1.82, 2.24) is 0 Å². The molecule has 0 aromatic heterocycles. The van der Waals surface area contributed by atoms with Gasteiger partial charge in [0.2, 0.25) is 0 Å². The van der Waals surface area contributed by atoms with Crippen LogP contribution in [0.4, 0.5) is 4.39 Å². The van der Waals surface area contributed by atoms with Crippen molar-refractivity contribution in [1.29, 1.82) is 0 Å². The molecule has 1 unspecified atom stereocenters. The fraction of sp³-hybridized carbons (Fsp3) is 0.200. The van der Waals surface area contributed by atoms with Crippen LogP contribution in [0, 0.1) is 19.7 Å². The van der Waals surface area contributed by atoms with Crippen molar-refractivity contribution in [3.8, 4) is 0 Å². The highest BCUT2D eigenvalue weighted by Crippen LogP contribution is 2.37. The van der Waals surface area contributed by atoms with Crippen LogP contribution >= 0.6 is 34.8 Å².